The number of hydrogen-bond donors (Lipinski definition) is 1. The van der Waals surface area contributed by atoms with Crippen molar-refractivity contribution in [1.29, 1.82) is 0 Å². The van der Waals surface area contributed by atoms with Crippen LogP contribution in [0.15, 0.2) is 18.2 Å². The second-order valence-electron chi connectivity index (χ2n) is 5.80. The zero-order valence-corrected chi connectivity index (χ0v) is 13.1. The summed E-state index contributed by atoms with van der Waals surface area (Å²) < 4.78 is 6.07. The Morgan fingerprint density at radius 3 is 2.58 bits per heavy atom. The van der Waals surface area contributed by atoms with Gasteiger partial charge in [0.15, 0.2) is 0 Å². The second-order valence-corrected chi connectivity index (χ2v) is 5.80. The summed E-state index contributed by atoms with van der Waals surface area (Å²) in [5.41, 5.74) is 2.49. The molecule has 0 aliphatic rings. The minimum atomic E-state index is 0.493. The molecule has 19 heavy (non-hydrogen) atoms. The Kier molecular flexibility index (Phi) is 6.93. The summed E-state index contributed by atoms with van der Waals surface area (Å²) in [7, 11) is 0. The van der Waals surface area contributed by atoms with E-state index in [9.17, 15) is 0 Å². The van der Waals surface area contributed by atoms with Gasteiger partial charge in [-0.05, 0) is 24.8 Å². The molecule has 108 valence electrons. The average molecular weight is 263 g/mol. The molecule has 0 radical (unpaired) electrons. The second kappa shape index (κ2) is 8.21. The normalized spacial score (nSPS) is 12.7. The van der Waals surface area contributed by atoms with Crippen LogP contribution < -0.4 is 10.1 Å². The van der Waals surface area contributed by atoms with E-state index in [-0.39, 0.29) is 0 Å². The standard InChI is InChI=1S/C17H29NO/c1-6-8-14(4)12-19-17-15(5)9-7-10-16(17)11-18-13(2)3/h7,9-10,13-14,18H,6,8,11-12H2,1-5H3. The van der Waals surface area contributed by atoms with Gasteiger partial charge in [0.2, 0.25) is 0 Å². The van der Waals surface area contributed by atoms with Crippen molar-refractivity contribution in [3.8, 4) is 5.75 Å². The average Bonchev–Trinajstić information content (AvgIpc) is 2.35. The Bertz CT molecular complexity index is 374. The van der Waals surface area contributed by atoms with Gasteiger partial charge in [-0.3, -0.25) is 0 Å². The summed E-state index contributed by atoms with van der Waals surface area (Å²) in [5, 5.41) is 3.46. The number of ether oxygens (including phenoxy) is 1. The van der Waals surface area contributed by atoms with Crippen LogP contribution in [0.4, 0.5) is 0 Å². The first kappa shape index (κ1) is 16.0. The summed E-state index contributed by atoms with van der Waals surface area (Å²) in [5.74, 6) is 1.69. The van der Waals surface area contributed by atoms with E-state index in [4.69, 9.17) is 4.74 Å². The topological polar surface area (TPSA) is 21.3 Å². The zero-order chi connectivity index (χ0) is 14.3. The van der Waals surface area contributed by atoms with Gasteiger partial charge < -0.3 is 10.1 Å². The molecule has 0 aliphatic heterocycles. The van der Waals surface area contributed by atoms with Crippen LogP contribution in [-0.4, -0.2) is 12.6 Å². The fourth-order valence-corrected chi connectivity index (χ4v) is 2.17. The highest BCUT2D eigenvalue weighted by molar-refractivity contribution is 5.40. The lowest BCUT2D eigenvalue weighted by atomic mass is 10.1. The first-order valence-electron chi connectivity index (χ1n) is 7.49. The maximum atomic E-state index is 6.07. The van der Waals surface area contributed by atoms with E-state index in [1.54, 1.807) is 0 Å². The summed E-state index contributed by atoms with van der Waals surface area (Å²) in [6.45, 7) is 12.6. The molecule has 0 fully saturated rings. The van der Waals surface area contributed by atoms with Gasteiger partial charge in [-0.25, -0.2) is 0 Å². The maximum Gasteiger partial charge on any atom is 0.126 e. The fourth-order valence-electron chi connectivity index (χ4n) is 2.17. The van der Waals surface area contributed by atoms with Gasteiger partial charge in [0, 0.05) is 18.2 Å². The van der Waals surface area contributed by atoms with Gasteiger partial charge in [-0.1, -0.05) is 52.3 Å². The largest absolute Gasteiger partial charge is 0.493 e. The van der Waals surface area contributed by atoms with Gasteiger partial charge in [0.25, 0.3) is 0 Å². The third-order valence-corrected chi connectivity index (χ3v) is 3.29. The van der Waals surface area contributed by atoms with Crippen molar-refractivity contribution in [2.75, 3.05) is 6.61 Å². The van der Waals surface area contributed by atoms with Gasteiger partial charge >= 0.3 is 0 Å². The van der Waals surface area contributed by atoms with Crippen LogP contribution in [-0.2, 0) is 6.54 Å². The van der Waals surface area contributed by atoms with Crippen LogP contribution >= 0.6 is 0 Å². The van der Waals surface area contributed by atoms with Gasteiger partial charge in [0.1, 0.15) is 5.75 Å². The van der Waals surface area contributed by atoms with Crippen molar-refractivity contribution in [1.82, 2.24) is 5.32 Å². The molecule has 2 heteroatoms. The molecule has 0 aromatic heterocycles. The first-order valence-corrected chi connectivity index (χ1v) is 7.49. The molecule has 0 spiro atoms. The van der Waals surface area contributed by atoms with E-state index in [0.717, 1.165) is 18.9 Å². The Morgan fingerprint density at radius 1 is 1.21 bits per heavy atom. The Morgan fingerprint density at radius 2 is 1.95 bits per heavy atom. The predicted molar refractivity (Wildman–Crippen MR) is 82.7 cm³/mol. The summed E-state index contributed by atoms with van der Waals surface area (Å²) in [4.78, 5) is 0. The zero-order valence-electron chi connectivity index (χ0n) is 13.1. The molecule has 1 aromatic rings. The third kappa shape index (κ3) is 5.65. The molecule has 1 aromatic carbocycles. The lowest BCUT2D eigenvalue weighted by molar-refractivity contribution is 0.247. The minimum absolute atomic E-state index is 0.493. The molecule has 0 aliphatic carbocycles. The van der Waals surface area contributed by atoms with E-state index in [1.165, 1.54) is 24.0 Å². The van der Waals surface area contributed by atoms with E-state index >= 15 is 0 Å². The summed E-state index contributed by atoms with van der Waals surface area (Å²) in [6, 6.07) is 6.88. The van der Waals surface area contributed by atoms with Crippen LogP contribution in [0.25, 0.3) is 0 Å². The Hall–Kier alpha value is -1.02. The highest BCUT2D eigenvalue weighted by Crippen LogP contribution is 2.24. The van der Waals surface area contributed by atoms with Crippen LogP contribution in [0.3, 0.4) is 0 Å². The molecule has 1 N–H and O–H groups in total. The fraction of sp³-hybridized carbons (Fsp3) is 0.647. The van der Waals surface area contributed by atoms with Crippen molar-refractivity contribution in [2.45, 2.75) is 60.0 Å². The van der Waals surface area contributed by atoms with E-state index in [1.807, 2.05) is 0 Å². The molecule has 0 saturated carbocycles. The number of hydrogen-bond acceptors (Lipinski definition) is 2. The monoisotopic (exact) mass is 263 g/mol. The number of aryl methyl sites for hydroxylation is 1. The van der Waals surface area contributed by atoms with E-state index in [0.29, 0.717) is 12.0 Å². The lowest BCUT2D eigenvalue weighted by Crippen LogP contribution is -2.22. The maximum absolute atomic E-state index is 6.07. The van der Waals surface area contributed by atoms with Gasteiger partial charge in [-0.15, -0.1) is 0 Å². The van der Waals surface area contributed by atoms with E-state index in [2.05, 4.69) is 58.1 Å². The van der Waals surface area contributed by atoms with Crippen LogP contribution in [0.1, 0.15) is 51.7 Å². The molecular formula is C17H29NO. The number of para-hydroxylation sites is 1. The summed E-state index contributed by atoms with van der Waals surface area (Å²) in [6.07, 6.45) is 2.45. The van der Waals surface area contributed by atoms with Crippen molar-refractivity contribution in [2.24, 2.45) is 5.92 Å². The Labute approximate surface area is 118 Å². The molecule has 0 heterocycles. The van der Waals surface area contributed by atoms with E-state index < -0.39 is 0 Å². The molecule has 2 nitrogen and oxygen atoms in total. The van der Waals surface area contributed by atoms with Crippen LogP contribution in [0, 0.1) is 12.8 Å². The molecule has 0 saturated heterocycles. The highest BCUT2D eigenvalue weighted by atomic mass is 16.5. The lowest BCUT2D eigenvalue weighted by Gasteiger charge is -2.18. The van der Waals surface area contributed by atoms with Crippen molar-refractivity contribution in [3.63, 3.8) is 0 Å². The third-order valence-electron chi connectivity index (χ3n) is 3.29. The Balaban J connectivity index is 2.68. The van der Waals surface area contributed by atoms with Crippen molar-refractivity contribution >= 4 is 0 Å². The molecule has 0 bridgehead atoms. The number of rotatable bonds is 8. The molecule has 1 unspecified atom stereocenters. The van der Waals surface area contributed by atoms with Gasteiger partial charge in [-0.2, -0.15) is 0 Å². The quantitative estimate of drug-likeness (QED) is 0.754. The predicted octanol–water partition coefficient (Wildman–Crippen LogP) is 4.31. The molecule has 1 atom stereocenters. The smallest absolute Gasteiger partial charge is 0.126 e. The molecule has 1 rings (SSSR count). The summed E-state index contributed by atoms with van der Waals surface area (Å²) >= 11 is 0. The molecule has 0 amide bonds. The molecular weight excluding hydrogens is 234 g/mol. The number of nitrogens with one attached hydrogen (secondary N) is 1. The van der Waals surface area contributed by atoms with Crippen molar-refractivity contribution < 1.29 is 4.74 Å². The van der Waals surface area contributed by atoms with Gasteiger partial charge in [0.05, 0.1) is 6.61 Å². The number of benzene rings is 1. The first-order chi connectivity index (χ1) is 9.04. The SMILES string of the molecule is CCCC(C)COc1c(C)cccc1CNC(C)C. The van der Waals surface area contributed by atoms with Crippen LogP contribution in [0.5, 0.6) is 5.75 Å². The van der Waals surface area contributed by atoms with Crippen LogP contribution in [0.2, 0.25) is 0 Å². The van der Waals surface area contributed by atoms with Crippen molar-refractivity contribution in [3.05, 3.63) is 29.3 Å². The minimum Gasteiger partial charge on any atom is -0.493 e. The highest BCUT2D eigenvalue weighted by Gasteiger charge is 2.09.